The first-order chi connectivity index (χ1) is 16.2. The number of hydrogen-bond donors (Lipinski definition) is 1. The molecule has 1 aliphatic rings. The van der Waals surface area contributed by atoms with Crippen LogP contribution in [-0.2, 0) is 9.59 Å². The molecule has 0 saturated heterocycles. The smallest absolute Gasteiger partial charge is 0.255 e. The maximum atomic E-state index is 11.1. The third kappa shape index (κ3) is 9.19. The quantitative estimate of drug-likeness (QED) is 0.357. The van der Waals surface area contributed by atoms with Crippen molar-refractivity contribution in [2.75, 3.05) is 0 Å². The maximum absolute atomic E-state index is 11.1. The van der Waals surface area contributed by atoms with Crippen molar-refractivity contribution >= 4 is 103 Å². The van der Waals surface area contributed by atoms with Gasteiger partial charge < -0.3 is 5.11 Å². The molecule has 0 bridgehead atoms. The van der Waals surface area contributed by atoms with Crippen molar-refractivity contribution in [3.05, 3.63) is 91.9 Å². The third-order valence-corrected chi connectivity index (χ3v) is 6.16. The zero-order valence-electron chi connectivity index (χ0n) is 17.6. The molecule has 2 aromatic rings. The van der Waals surface area contributed by atoms with Crippen LogP contribution in [0, 0.1) is 5.92 Å². The number of benzene rings is 2. The maximum Gasteiger partial charge on any atom is 0.255 e. The van der Waals surface area contributed by atoms with Crippen LogP contribution in [0.5, 0.6) is 0 Å². The molecular formula is C23H15Cl7O5. The second-order valence-electron chi connectivity index (χ2n) is 6.68. The minimum Gasteiger partial charge on any atom is -0.377 e. The average Bonchev–Trinajstić information content (AvgIpc) is 2.74. The van der Waals surface area contributed by atoms with Gasteiger partial charge >= 0.3 is 0 Å². The fourth-order valence-electron chi connectivity index (χ4n) is 2.55. The summed E-state index contributed by atoms with van der Waals surface area (Å²) in [6.07, 6.45) is 5.77. The van der Waals surface area contributed by atoms with Crippen molar-refractivity contribution in [2.24, 2.45) is 5.92 Å². The van der Waals surface area contributed by atoms with Crippen LogP contribution in [0.15, 0.2) is 60.7 Å². The average molecular weight is 620 g/mol. The molecule has 0 saturated carbocycles. The summed E-state index contributed by atoms with van der Waals surface area (Å²) < 4.78 is 0. The van der Waals surface area contributed by atoms with Gasteiger partial charge in [0.05, 0.1) is 32.1 Å². The van der Waals surface area contributed by atoms with E-state index in [4.69, 9.17) is 81.2 Å². The highest BCUT2D eigenvalue weighted by Crippen LogP contribution is 2.28. The molecule has 186 valence electrons. The number of carbonyl (C=O) groups is 4. The third-order valence-electron chi connectivity index (χ3n) is 4.35. The summed E-state index contributed by atoms with van der Waals surface area (Å²) in [6.45, 7) is 1.22. The number of allylic oxidation sites excluding steroid dienone is 2. The van der Waals surface area contributed by atoms with Crippen LogP contribution in [0.1, 0.15) is 27.6 Å². The van der Waals surface area contributed by atoms with E-state index in [0.717, 1.165) is 0 Å². The van der Waals surface area contributed by atoms with Crippen LogP contribution in [-0.4, -0.2) is 32.2 Å². The Kier molecular flexibility index (Phi) is 13.0. The lowest BCUT2D eigenvalue weighted by atomic mass is 9.82. The number of halogens is 7. The SMILES string of the molecule is CC(=O)C1(O)C=CC=CC1C(=O)Cl.O=C(Cl)c1c(Cl)cccc1Cl.O=C(Cl)c1ccc(Cl)cc1Cl. The topological polar surface area (TPSA) is 88.5 Å². The number of ketones is 1. The lowest BCUT2D eigenvalue weighted by Crippen LogP contribution is -2.45. The Morgan fingerprint density at radius 2 is 1.40 bits per heavy atom. The van der Waals surface area contributed by atoms with Crippen molar-refractivity contribution in [1.29, 1.82) is 0 Å². The highest BCUT2D eigenvalue weighted by atomic mass is 35.5. The van der Waals surface area contributed by atoms with Gasteiger partial charge in [-0.25, -0.2) is 0 Å². The molecular weight excluding hydrogens is 604 g/mol. The minimum atomic E-state index is -1.77. The molecule has 5 nitrogen and oxygen atoms in total. The molecule has 1 N–H and O–H groups in total. The first kappa shape index (κ1) is 31.6. The second-order valence-corrected chi connectivity index (χ2v) is 9.39. The van der Waals surface area contributed by atoms with E-state index in [-0.39, 0.29) is 26.2 Å². The summed E-state index contributed by atoms with van der Waals surface area (Å²) >= 11 is 38.1. The Morgan fingerprint density at radius 1 is 0.829 bits per heavy atom. The number of hydrogen-bond acceptors (Lipinski definition) is 5. The van der Waals surface area contributed by atoms with E-state index < -0.39 is 33.0 Å². The van der Waals surface area contributed by atoms with Gasteiger partial charge in [-0.15, -0.1) is 0 Å². The van der Waals surface area contributed by atoms with Gasteiger partial charge in [-0.05, 0) is 78.1 Å². The Hall–Kier alpha value is -1.41. The van der Waals surface area contributed by atoms with E-state index in [9.17, 15) is 24.3 Å². The fraction of sp³-hybridized carbons (Fsp3) is 0.130. The molecule has 12 heteroatoms. The molecule has 0 heterocycles. The normalized spacial score (nSPS) is 17.9. The Labute approximate surface area is 236 Å². The zero-order valence-corrected chi connectivity index (χ0v) is 22.9. The predicted octanol–water partition coefficient (Wildman–Crippen LogP) is 7.56. The van der Waals surface area contributed by atoms with Crippen molar-refractivity contribution in [3.63, 3.8) is 0 Å². The van der Waals surface area contributed by atoms with Crippen molar-refractivity contribution in [3.8, 4) is 0 Å². The molecule has 0 amide bonds. The summed E-state index contributed by atoms with van der Waals surface area (Å²) in [5.41, 5.74) is -1.33. The summed E-state index contributed by atoms with van der Waals surface area (Å²) in [4.78, 5) is 43.3. The molecule has 2 aromatic carbocycles. The Balaban J connectivity index is 0.000000264. The van der Waals surface area contributed by atoms with Crippen molar-refractivity contribution < 1.29 is 24.3 Å². The van der Waals surface area contributed by atoms with Crippen LogP contribution < -0.4 is 0 Å². The first-order valence-electron chi connectivity index (χ1n) is 9.29. The van der Waals surface area contributed by atoms with Crippen molar-refractivity contribution in [2.45, 2.75) is 12.5 Å². The van der Waals surface area contributed by atoms with Crippen LogP contribution in [0.25, 0.3) is 0 Å². The molecule has 0 radical (unpaired) electrons. The van der Waals surface area contributed by atoms with Crippen LogP contribution in [0.2, 0.25) is 20.1 Å². The van der Waals surface area contributed by atoms with E-state index in [1.54, 1.807) is 30.3 Å². The van der Waals surface area contributed by atoms with Gasteiger partial charge in [-0.2, -0.15) is 0 Å². The Morgan fingerprint density at radius 3 is 1.77 bits per heavy atom. The number of Topliss-reactive ketones (excluding diaryl/α,β-unsaturated/α-hetero) is 1. The van der Waals surface area contributed by atoms with Gasteiger partial charge in [-0.3, -0.25) is 19.2 Å². The molecule has 0 fully saturated rings. The van der Waals surface area contributed by atoms with Gasteiger partial charge in [0.2, 0.25) is 5.24 Å². The van der Waals surface area contributed by atoms with E-state index >= 15 is 0 Å². The van der Waals surface area contributed by atoms with Crippen LogP contribution in [0.4, 0.5) is 0 Å². The lowest BCUT2D eigenvalue weighted by molar-refractivity contribution is -0.138. The van der Waals surface area contributed by atoms with Gasteiger partial charge in [0, 0.05) is 5.02 Å². The molecule has 1 aliphatic carbocycles. The van der Waals surface area contributed by atoms with E-state index in [2.05, 4.69) is 0 Å². The fourth-order valence-corrected chi connectivity index (χ4v) is 4.36. The van der Waals surface area contributed by atoms with Crippen LogP contribution in [0.3, 0.4) is 0 Å². The monoisotopic (exact) mass is 616 g/mol. The predicted molar refractivity (Wildman–Crippen MR) is 142 cm³/mol. The van der Waals surface area contributed by atoms with E-state index in [1.165, 1.54) is 37.3 Å². The lowest BCUT2D eigenvalue weighted by Gasteiger charge is -2.28. The standard InChI is InChI=1S/C9H9ClO3.2C7H3Cl3O/c1-6(11)9(13)5-3-2-4-7(9)8(10)12;8-4-1-2-5(7(10)11)6(9)3-4;8-4-2-1-3-5(9)6(4)7(10)11/h2-5,7,13H,1H3;2*1-3H. The molecule has 2 atom stereocenters. The number of rotatable bonds is 4. The number of aliphatic hydroxyl groups is 1. The molecule has 2 unspecified atom stereocenters. The van der Waals surface area contributed by atoms with Gasteiger partial charge in [0.25, 0.3) is 10.5 Å². The minimum absolute atomic E-state index is 0.164. The first-order valence-corrected chi connectivity index (χ1v) is 11.9. The molecule has 3 rings (SSSR count). The van der Waals surface area contributed by atoms with Crippen LogP contribution >= 0.6 is 81.2 Å². The summed E-state index contributed by atoms with van der Waals surface area (Å²) in [7, 11) is 0. The van der Waals surface area contributed by atoms with E-state index in [1.807, 2.05) is 0 Å². The number of carbonyl (C=O) groups excluding carboxylic acids is 4. The molecule has 0 aliphatic heterocycles. The zero-order chi connectivity index (χ0) is 26.9. The molecule has 0 spiro atoms. The summed E-state index contributed by atoms with van der Waals surface area (Å²) in [6, 6.07) is 9.28. The Bertz CT molecular complexity index is 1170. The molecule has 0 aromatic heterocycles. The molecule has 35 heavy (non-hydrogen) atoms. The summed E-state index contributed by atoms with van der Waals surface area (Å²) in [5, 5.41) is 9.14. The largest absolute Gasteiger partial charge is 0.377 e. The van der Waals surface area contributed by atoms with Crippen molar-refractivity contribution in [1.82, 2.24) is 0 Å². The van der Waals surface area contributed by atoms with Gasteiger partial charge in [-0.1, -0.05) is 70.7 Å². The van der Waals surface area contributed by atoms with E-state index in [0.29, 0.717) is 5.02 Å². The highest BCUT2D eigenvalue weighted by Gasteiger charge is 2.42. The highest BCUT2D eigenvalue weighted by molar-refractivity contribution is 6.70. The van der Waals surface area contributed by atoms with Gasteiger partial charge in [0.1, 0.15) is 0 Å². The second kappa shape index (κ2) is 14.4. The van der Waals surface area contributed by atoms with Gasteiger partial charge in [0.15, 0.2) is 11.4 Å². The summed E-state index contributed by atoms with van der Waals surface area (Å²) in [5.74, 6) is -1.47.